The first-order valence-electron chi connectivity index (χ1n) is 11.0. The fourth-order valence-corrected chi connectivity index (χ4v) is 4.97. The number of rotatable bonds is 11. The minimum Gasteiger partial charge on any atom is -0.497 e. The molecule has 11 heteroatoms. The van der Waals surface area contributed by atoms with Gasteiger partial charge in [-0.15, -0.1) is 0 Å². The van der Waals surface area contributed by atoms with Crippen LogP contribution >= 0.6 is 23.2 Å². The van der Waals surface area contributed by atoms with E-state index >= 15 is 0 Å². The van der Waals surface area contributed by atoms with Gasteiger partial charge < -0.3 is 15.0 Å². The molecule has 0 aliphatic carbocycles. The van der Waals surface area contributed by atoms with Gasteiger partial charge in [-0.25, -0.2) is 8.42 Å². The van der Waals surface area contributed by atoms with Crippen LogP contribution in [0.2, 0.25) is 10.0 Å². The van der Waals surface area contributed by atoms with Gasteiger partial charge >= 0.3 is 0 Å². The van der Waals surface area contributed by atoms with Crippen LogP contribution in [-0.4, -0.2) is 57.1 Å². The number of nitrogens with zero attached hydrogens (tertiary/aromatic N) is 2. The third kappa shape index (κ3) is 8.02. The zero-order chi connectivity index (χ0) is 26.3. The van der Waals surface area contributed by atoms with Gasteiger partial charge in [-0.1, -0.05) is 42.3 Å². The number of carbonyl (C=O) groups excluding carboxylic acids is 2. The first-order chi connectivity index (χ1) is 16.4. The molecule has 0 aliphatic rings. The first kappa shape index (κ1) is 28.7. The Morgan fingerprint density at radius 1 is 1.11 bits per heavy atom. The van der Waals surface area contributed by atoms with E-state index in [0.29, 0.717) is 17.2 Å². The Hall–Kier alpha value is -2.49. The molecule has 192 valence electrons. The first-order valence-corrected chi connectivity index (χ1v) is 13.6. The van der Waals surface area contributed by atoms with Gasteiger partial charge in [0.1, 0.15) is 18.3 Å². The van der Waals surface area contributed by atoms with E-state index in [1.54, 1.807) is 31.2 Å². The van der Waals surface area contributed by atoms with Crippen LogP contribution in [0.25, 0.3) is 0 Å². The van der Waals surface area contributed by atoms with Gasteiger partial charge in [0.25, 0.3) is 0 Å². The summed E-state index contributed by atoms with van der Waals surface area (Å²) in [6, 6.07) is 10.5. The van der Waals surface area contributed by atoms with Crippen molar-refractivity contribution in [3.8, 4) is 5.75 Å². The summed E-state index contributed by atoms with van der Waals surface area (Å²) in [7, 11) is -2.36. The van der Waals surface area contributed by atoms with Crippen molar-refractivity contribution in [2.24, 2.45) is 0 Å². The number of methoxy groups -OCH3 is 1. The minimum atomic E-state index is -3.90. The van der Waals surface area contributed by atoms with E-state index in [-0.39, 0.29) is 29.2 Å². The summed E-state index contributed by atoms with van der Waals surface area (Å²) in [5, 5.41) is 3.25. The van der Waals surface area contributed by atoms with E-state index in [2.05, 4.69) is 5.32 Å². The lowest BCUT2D eigenvalue weighted by Crippen LogP contribution is -2.53. The van der Waals surface area contributed by atoms with Crippen LogP contribution in [0.3, 0.4) is 0 Å². The highest BCUT2D eigenvalue weighted by atomic mass is 35.5. The van der Waals surface area contributed by atoms with Gasteiger partial charge in [-0.2, -0.15) is 0 Å². The molecule has 0 saturated carbocycles. The van der Waals surface area contributed by atoms with Gasteiger partial charge in [-0.3, -0.25) is 13.9 Å². The second-order valence-corrected chi connectivity index (χ2v) is 11.1. The number of ether oxygens (including phenoxy) is 1. The normalized spacial score (nSPS) is 12.2. The molecule has 0 aliphatic heterocycles. The minimum absolute atomic E-state index is 0.0754. The zero-order valence-corrected chi connectivity index (χ0v) is 22.7. The molecule has 0 fully saturated rings. The second-order valence-electron chi connectivity index (χ2n) is 8.33. The lowest BCUT2D eigenvalue weighted by atomic mass is 10.1. The Labute approximate surface area is 217 Å². The number of amides is 2. The van der Waals surface area contributed by atoms with E-state index in [1.807, 2.05) is 13.8 Å². The number of hydrogen-bond donors (Lipinski definition) is 1. The molecule has 35 heavy (non-hydrogen) atoms. The maximum absolute atomic E-state index is 13.6. The van der Waals surface area contributed by atoms with E-state index in [1.165, 1.54) is 30.2 Å². The number of nitrogens with one attached hydrogen (secondary N) is 1. The molecule has 8 nitrogen and oxygen atoms in total. The monoisotopic (exact) mass is 543 g/mol. The van der Waals surface area contributed by atoms with Crippen molar-refractivity contribution < 1.29 is 22.7 Å². The Kier molecular flexibility index (Phi) is 10.2. The number of benzene rings is 2. The summed E-state index contributed by atoms with van der Waals surface area (Å²) in [6.45, 7) is 4.97. The Balaban J connectivity index is 2.49. The van der Waals surface area contributed by atoms with Gasteiger partial charge in [0.15, 0.2) is 0 Å². The van der Waals surface area contributed by atoms with Crippen molar-refractivity contribution in [1.82, 2.24) is 10.2 Å². The lowest BCUT2D eigenvalue weighted by Gasteiger charge is -2.33. The molecule has 0 spiro atoms. The standard InChI is InChI=1S/C24H31Cl2N3O5S/c1-6-21(24(31)27-16(2)3)28(14-17-8-7-9-19(12-17)34-4)23(30)15-29(35(5,32)33)22-11-10-18(25)13-20(22)26/h7-13,16,21H,6,14-15H2,1-5H3,(H,27,31)/t21-/m1/s1. The Morgan fingerprint density at radius 3 is 2.34 bits per heavy atom. The summed E-state index contributed by atoms with van der Waals surface area (Å²) in [6.07, 6.45) is 1.31. The molecule has 0 aromatic heterocycles. The van der Waals surface area contributed by atoms with Gasteiger partial charge in [-0.05, 0) is 56.2 Å². The number of sulfonamides is 1. The van der Waals surface area contributed by atoms with Crippen LogP contribution in [0, 0.1) is 0 Å². The summed E-state index contributed by atoms with van der Waals surface area (Å²) >= 11 is 12.2. The molecule has 2 aromatic carbocycles. The van der Waals surface area contributed by atoms with Gasteiger partial charge in [0.05, 0.1) is 24.1 Å². The largest absolute Gasteiger partial charge is 0.497 e. The van der Waals surface area contributed by atoms with Gasteiger partial charge in [0, 0.05) is 17.6 Å². The second kappa shape index (κ2) is 12.5. The number of halogens is 2. The molecule has 2 amide bonds. The van der Waals surface area contributed by atoms with Crippen LogP contribution in [0.15, 0.2) is 42.5 Å². The van der Waals surface area contributed by atoms with E-state index in [0.717, 1.165) is 16.1 Å². The molecule has 0 heterocycles. The van der Waals surface area contributed by atoms with Crippen molar-refractivity contribution in [2.45, 2.75) is 45.8 Å². The summed E-state index contributed by atoms with van der Waals surface area (Å²) in [5.41, 5.74) is 0.844. The SMILES string of the molecule is CC[C@H](C(=O)NC(C)C)N(Cc1cccc(OC)c1)C(=O)CN(c1ccc(Cl)cc1Cl)S(C)(=O)=O. The lowest BCUT2D eigenvalue weighted by molar-refractivity contribution is -0.140. The fourth-order valence-electron chi connectivity index (χ4n) is 3.55. The average molecular weight is 545 g/mol. The third-order valence-corrected chi connectivity index (χ3v) is 6.83. The van der Waals surface area contributed by atoms with E-state index < -0.39 is 28.5 Å². The third-order valence-electron chi connectivity index (χ3n) is 5.16. The Bertz CT molecular complexity index is 1160. The maximum Gasteiger partial charge on any atom is 0.244 e. The van der Waals surface area contributed by atoms with Crippen molar-refractivity contribution in [3.63, 3.8) is 0 Å². The van der Waals surface area contributed by atoms with Crippen molar-refractivity contribution in [3.05, 3.63) is 58.1 Å². The predicted octanol–water partition coefficient (Wildman–Crippen LogP) is 4.10. The topological polar surface area (TPSA) is 96.0 Å². The predicted molar refractivity (Wildman–Crippen MR) is 140 cm³/mol. The number of anilines is 1. The molecule has 2 rings (SSSR count). The molecule has 1 N–H and O–H groups in total. The average Bonchev–Trinajstić information content (AvgIpc) is 2.76. The molecular weight excluding hydrogens is 513 g/mol. The van der Waals surface area contributed by atoms with Crippen LogP contribution in [-0.2, 0) is 26.2 Å². The molecule has 0 saturated heterocycles. The smallest absolute Gasteiger partial charge is 0.244 e. The summed E-state index contributed by atoms with van der Waals surface area (Å²) < 4.78 is 31.5. The van der Waals surface area contributed by atoms with Crippen molar-refractivity contribution in [2.75, 3.05) is 24.2 Å². The number of carbonyl (C=O) groups is 2. The maximum atomic E-state index is 13.6. The summed E-state index contributed by atoms with van der Waals surface area (Å²) in [5.74, 6) is -0.288. The molecule has 2 aromatic rings. The summed E-state index contributed by atoms with van der Waals surface area (Å²) in [4.78, 5) is 28.0. The number of hydrogen-bond acceptors (Lipinski definition) is 5. The molecular formula is C24H31Cl2N3O5S. The molecule has 0 unspecified atom stereocenters. The highest BCUT2D eigenvalue weighted by molar-refractivity contribution is 7.92. The van der Waals surface area contributed by atoms with E-state index in [4.69, 9.17) is 27.9 Å². The zero-order valence-electron chi connectivity index (χ0n) is 20.4. The molecule has 0 bridgehead atoms. The van der Waals surface area contributed by atoms with Crippen LogP contribution in [0.1, 0.15) is 32.8 Å². The van der Waals surface area contributed by atoms with Crippen molar-refractivity contribution >= 4 is 50.7 Å². The highest BCUT2D eigenvalue weighted by Gasteiger charge is 2.32. The Morgan fingerprint density at radius 2 is 1.80 bits per heavy atom. The van der Waals surface area contributed by atoms with Crippen LogP contribution < -0.4 is 14.4 Å². The van der Waals surface area contributed by atoms with Crippen LogP contribution in [0.5, 0.6) is 5.75 Å². The molecule has 1 atom stereocenters. The van der Waals surface area contributed by atoms with Crippen LogP contribution in [0.4, 0.5) is 5.69 Å². The quantitative estimate of drug-likeness (QED) is 0.460. The van der Waals surface area contributed by atoms with E-state index in [9.17, 15) is 18.0 Å². The highest BCUT2D eigenvalue weighted by Crippen LogP contribution is 2.30. The van der Waals surface area contributed by atoms with Crippen molar-refractivity contribution in [1.29, 1.82) is 0 Å². The fraction of sp³-hybridized carbons (Fsp3) is 0.417. The molecule has 0 radical (unpaired) electrons. The van der Waals surface area contributed by atoms with Gasteiger partial charge in [0.2, 0.25) is 21.8 Å².